The summed E-state index contributed by atoms with van der Waals surface area (Å²) in [5.74, 6) is 0.907. The zero-order chi connectivity index (χ0) is 25.7. The highest BCUT2D eigenvalue weighted by Gasteiger charge is 2.19. The van der Waals surface area contributed by atoms with Crippen molar-refractivity contribution >= 4 is 30.2 Å². The normalized spacial score (nSPS) is 12.9. The van der Waals surface area contributed by atoms with E-state index in [2.05, 4.69) is 144 Å². The van der Waals surface area contributed by atoms with Gasteiger partial charge in [-0.15, -0.1) is 0 Å². The first-order valence-corrected chi connectivity index (χ1v) is 14.1. The van der Waals surface area contributed by atoms with E-state index < -0.39 is 8.07 Å². The molecule has 4 aromatic carbocycles. The Morgan fingerprint density at radius 1 is 0.750 bits per heavy atom. The molecule has 0 spiro atoms. The molecule has 184 valence electrons. The van der Waals surface area contributed by atoms with Crippen molar-refractivity contribution < 1.29 is 0 Å². The summed E-state index contributed by atoms with van der Waals surface area (Å²) in [5, 5.41) is 6.51. The van der Waals surface area contributed by atoms with Gasteiger partial charge in [-0.05, 0) is 54.0 Å². The Labute approximate surface area is 218 Å². The molecule has 4 rings (SSSR count). The minimum atomic E-state index is -0.862. The van der Waals surface area contributed by atoms with Gasteiger partial charge in [0.25, 0.3) is 0 Å². The molecular formula is C33H37N2P. The average Bonchev–Trinajstić information content (AvgIpc) is 2.88. The number of aryl methyl sites for hydroxylation is 3. The lowest BCUT2D eigenvalue weighted by Gasteiger charge is -2.24. The highest BCUT2D eigenvalue weighted by Crippen LogP contribution is 2.32. The van der Waals surface area contributed by atoms with E-state index in [1.807, 2.05) is 0 Å². The molecule has 0 amide bonds. The molecule has 0 aliphatic carbocycles. The molecule has 3 heteroatoms. The van der Waals surface area contributed by atoms with Gasteiger partial charge in [-0.2, -0.15) is 0 Å². The van der Waals surface area contributed by atoms with Gasteiger partial charge < -0.3 is 5.09 Å². The van der Waals surface area contributed by atoms with Gasteiger partial charge in [-0.25, -0.2) is 4.99 Å². The number of hydrogen-bond donors (Lipinski definition) is 1. The standard InChI is InChI=1S/C33H37N2P/c1-7-26-15-12-18-30(23-26)36(29-16-9-8-10-17-29)35-32(34-31-24(2)13-11-14-25(31)3)27-19-21-28(22-20-27)33(4,5)6/h8-23H,7H2,1-6H3,(H,34,35). The van der Waals surface area contributed by atoms with Crippen LogP contribution in [0.3, 0.4) is 0 Å². The van der Waals surface area contributed by atoms with Crippen LogP contribution in [0.1, 0.15) is 55.5 Å². The molecule has 1 unspecified atom stereocenters. The number of para-hydroxylation sites is 1. The Morgan fingerprint density at radius 2 is 1.36 bits per heavy atom. The van der Waals surface area contributed by atoms with Crippen LogP contribution in [0.25, 0.3) is 0 Å². The SMILES string of the molecule is CCc1cccc(P(NC(=Nc2c(C)cccc2C)c2ccc(C(C)(C)C)cc2)c2ccccc2)c1. The van der Waals surface area contributed by atoms with Gasteiger partial charge in [0.2, 0.25) is 0 Å². The third-order valence-electron chi connectivity index (χ3n) is 6.50. The number of hydrogen-bond acceptors (Lipinski definition) is 1. The van der Waals surface area contributed by atoms with Gasteiger partial charge in [0.15, 0.2) is 0 Å². The zero-order valence-corrected chi connectivity index (χ0v) is 23.2. The maximum atomic E-state index is 5.27. The first kappa shape index (κ1) is 25.9. The Hall–Kier alpha value is -3.22. The third-order valence-corrected chi connectivity index (χ3v) is 8.54. The quantitative estimate of drug-likeness (QED) is 0.165. The predicted molar refractivity (Wildman–Crippen MR) is 159 cm³/mol. The smallest absolute Gasteiger partial charge is 0.137 e. The molecule has 0 fully saturated rings. The summed E-state index contributed by atoms with van der Waals surface area (Å²) in [7, 11) is -0.862. The highest BCUT2D eigenvalue weighted by atomic mass is 31.1. The zero-order valence-electron chi connectivity index (χ0n) is 22.3. The van der Waals surface area contributed by atoms with Gasteiger partial charge in [0.1, 0.15) is 5.84 Å². The summed E-state index contributed by atoms with van der Waals surface area (Å²) < 4.78 is 0. The fourth-order valence-corrected chi connectivity index (χ4v) is 6.20. The van der Waals surface area contributed by atoms with E-state index in [1.54, 1.807) is 0 Å². The molecule has 4 aromatic rings. The Morgan fingerprint density at radius 3 is 1.97 bits per heavy atom. The van der Waals surface area contributed by atoms with Gasteiger partial charge in [-0.1, -0.05) is 119 Å². The van der Waals surface area contributed by atoms with Gasteiger partial charge >= 0.3 is 0 Å². The van der Waals surface area contributed by atoms with Crippen LogP contribution >= 0.6 is 8.07 Å². The lowest BCUT2D eigenvalue weighted by Crippen LogP contribution is -2.29. The number of amidine groups is 1. The van der Waals surface area contributed by atoms with Crippen LogP contribution < -0.4 is 15.7 Å². The molecule has 36 heavy (non-hydrogen) atoms. The Balaban J connectivity index is 1.86. The van der Waals surface area contributed by atoms with E-state index in [-0.39, 0.29) is 5.41 Å². The molecular weight excluding hydrogens is 455 g/mol. The highest BCUT2D eigenvalue weighted by molar-refractivity contribution is 7.71. The van der Waals surface area contributed by atoms with Crippen molar-refractivity contribution in [3.8, 4) is 0 Å². The van der Waals surface area contributed by atoms with Crippen molar-refractivity contribution in [2.45, 2.75) is 53.4 Å². The van der Waals surface area contributed by atoms with Crippen LogP contribution in [0.5, 0.6) is 0 Å². The van der Waals surface area contributed by atoms with Crippen molar-refractivity contribution in [2.24, 2.45) is 4.99 Å². The molecule has 2 nitrogen and oxygen atoms in total. The van der Waals surface area contributed by atoms with Crippen molar-refractivity contribution in [1.82, 2.24) is 5.09 Å². The van der Waals surface area contributed by atoms with Crippen molar-refractivity contribution in [3.05, 3.63) is 125 Å². The van der Waals surface area contributed by atoms with E-state index in [0.717, 1.165) is 23.5 Å². The second-order valence-electron chi connectivity index (χ2n) is 10.3. The topological polar surface area (TPSA) is 24.4 Å². The van der Waals surface area contributed by atoms with Crippen molar-refractivity contribution in [3.63, 3.8) is 0 Å². The molecule has 0 radical (unpaired) electrons. The summed E-state index contributed by atoms with van der Waals surface area (Å²) in [5.41, 5.74) is 7.26. The number of nitrogens with one attached hydrogen (secondary N) is 1. The maximum Gasteiger partial charge on any atom is 0.137 e. The van der Waals surface area contributed by atoms with Crippen LogP contribution in [0, 0.1) is 13.8 Å². The Kier molecular flexibility index (Phi) is 8.07. The van der Waals surface area contributed by atoms with Crippen LogP contribution in [-0.4, -0.2) is 5.84 Å². The van der Waals surface area contributed by atoms with E-state index in [9.17, 15) is 0 Å². The molecule has 0 aliphatic rings. The monoisotopic (exact) mass is 492 g/mol. The van der Waals surface area contributed by atoms with E-state index >= 15 is 0 Å². The molecule has 0 aromatic heterocycles. The molecule has 1 N–H and O–H groups in total. The third kappa shape index (κ3) is 6.12. The summed E-state index contributed by atoms with van der Waals surface area (Å²) in [6.45, 7) is 13.2. The van der Waals surface area contributed by atoms with Crippen LogP contribution in [0.2, 0.25) is 0 Å². The molecule has 0 aliphatic heterocycles. The number of nitrogens with zero attached hydrogens (tertiary/aromatic N) is 1. The van der Waals surface area contributed by atoms with Crippen LogP contribution in [-0.2, 0) is 11.8 Å². The average molecular weight is 493 g/mol. The van der Waals surface area contributed by atoms with E-state index in [4.69, 9.17) is 4.99 Å². The maximum absolute atomic E-state index is 5.27. The van der Waals surface area contributed by atoms with Gasteiger partial charge in [0.05, 0.1) is 13.8 Å². The van der Waals surface area contributed by atoms with Crippen LogP contribution in [0.4, 0.5) is 5.69 Å². The number of aliphatic imine (C=N–C) groups is 1. The number of benzene rings is 4. The number of rotatable bonds is 6. The molecule has 0 saturated carbocycles. The molecule has 0 bridgehead atoms. The fraction of sp³-hybridized carbons (Fsp3) is 0.242. The predicted octanol–water partition coefficient (Wildman–Crippen LogP) is 7.88. The second-order valence-corrected chi connectivity index (χ2v) is 12.3. The minimum absolute atomic E-state index is 0.104. The summed E-state index contributed by atoms with van der Waals surface area (Å²) in [4.78, 5) is 5.27. The van der Waals surface area contributed by atoms with Gasteiger partial charge in [0, 0.05) is 16.2 Å². The van der Waals surface area contributed by atoms with Crippen molar-refractivity contribution in [2.75, 3.05) is 0 Å². The molecule has 0 heterocycles. The van der Waals surface area contributed by atoms with Crippen molar-refractivity contribution in [1.29, 1.82) is 0 Å². The molecule has 0 saturated heterocycles. The second kappa shape index (κ2) is 11.2. The lowest BCUT2D eigenvalue weighted by atomic mass is 9.86. The fourth-order valence-electron chi connectivity index (χ4n) is 4.25. The van der Waals surface area contributed by atoms with Crippen LogP contribution in [0.15, 0.2) is 102 Å². The van der Waals surface area contributed by atoms with E-state index in [1.165, 1.54) is 32.9 Å². The minimum Gasteiger partial charge on any atom is -0.341 e. The van der Waals surface area contributed by atoms with E-state index in [0.29, 0.717) is 0 Å². The van der Waals surface area contributed by atoms with Gasteiger partial charge in [-0.3, -0.25) is 0 Å². The molecule has 1 atom stereocenters. The largest absolute Gasteiger partial charge is 0.341 e. The first-order valence-electron chi connectivity index (χ1n) is 12.7. The first-order chi connectivity index (χ1) is 17.3. The lowest BCUT2D eigenvalue weighted by molar-refractivity contribution is 0.590. The summed E-state index contributed by atoms with van der Waals surface area (Å²) >= 11 is 0. The summed E-state index contributed by atoms with van der Waals surface area (Å²) in [6.07, 6.45) is 1.02. The summed E-state index contributed by atoms with van der Waals surface area (Å²) in [6, 6.07) is 35.0. The Bertz CT molecular complexity index is 1310.